The fourth-order valence-electron chi connectivity index (χ4n) is 1.03. The van der Waals surface area contributed by atoms with Crippen LogP contribution >= 0.6 is 57.5 Å². The summed E-state index contributed by atoms with van der Waals surface area (Å²) in [7, 11) is 0. The average Bonchev–Trinajstić information content (AvgIpc) is 2.24. The number of rotatable bonds is 4. The quantitative estimate of drug-likeness (QED) is 0.444. The molecule has 0 spiro atoms. The predicted molar refractivity (Wildman–Crippen MR) is 91.3 cm³/mol. The lowest BCUT2D eigenvalue weighted by atomic mass is 10.2. The van der Waals surface area contributed by atoms with Crippen LogP contribution in [0.1, 0.15) is 11.3 Å². The van der Waals surface area contributed by atoms with Crippen molar-refractivity contribution in [3.05, 3.63) is 29.6 Å². The van der Waals surface area contributed by atoms with Gasteiger partial charge in [0.05, 0.1) is 5.69 Å². The number of pyridine rings is 1. The molecule has 0 aliphatic carbocycles. The maximum atomic E-state index is 7.15. The van der Waals surface area contributed by atoms with Gasteiger partial charge in [-0.2, -0.15) is 0 Å². The van der Waals surface area contributed by atoms with Crippen LogP contribution in [-0.4, -0.2) is 15.3 Å². The smallest absolute Gasteiger partial charge is 0.151 e. The summed E-state index contributed by atoms with van der Waals surface area (Å²) < 4.78 is 0. The molecule has 0 fully saturated rings. The van der Waals surface area contributed by atoms with Gasteiger partial charge in [-0.1, -0.05) is 29.6 Å². The van der Waals surface area contributed by atoms with Gasteiger partial charge in [-0.3, -0.25) is 15.8 Å². The molecule has 0 radical (unpaired) electrons. The summed E-state index contributed by atoms with van der Waals surface area (Å²) in [4.78, 5) is 4.23. The molecule has 1 aromatic heterocycles. The molecule has 0 aliphatic rings. The minimum Gasteiger partial charge on any atom is -0.379 e. The standard InChI is InChI=1S/C9H13N5S2.2BrH/c10-8(11)15-4-6-2-1-3-14-7(6)5-16-9(12)13;;/h1-3H,4-5H2,(H3,10,11)(H3,12,13);2*1H. The highest BCUT2D eigenvalue weighted by Crippen LogP contribution is 2.18. The van der Waals surface area contributed by atoms with Crippen molar-refractivity contribution in [3.8, 4) is 0 Å². The Morgan fingerprint density at radius 1 is 1.11 bits per heavy atom. The monoisotopic (exact) mass is 415 g/mol. The molecule has 1 aromatic rings. The highest BCUT2D eigenvalue weighted by Gasteiger charge is 2.05. The highest BCUT2D eigenvalue weighted by molar-refractivity contribution is 8.93. The zero-order valence-corrected chi connectivity index (χ0v) is 14.4. The Morgan fingerprint density at radius 3 is 2.22 bits per heavy atom. The minimum atomic E-state index is 0. The van der Waals surface area contributed by atoms with Gasteiger partial charge in [-0.15, -0.1) is 34.0 Å². The van der Waals surface area contributed by atoms with Crippen molar-refractivity contribution in [2.24, 2.45) is 11.5 Å². The molecule has 0 aromatic carbocycles. The SMILES string of the molecule is Br.Br.N=C(N)SCc1cccnc1CSC(=N)N. The Kier molecular flexibility index (Phi) is 11.9. The zero-order chi connectivity index (χ0) is 12.0. The molecular formula is C9H15Br2N5S2. The van der Waals surface area contributed by atoms with Crippen LogP contribution in [0.15, 0.2) is 18.3 Å². The Morgan fingerprint density at radius 2 is 1.67 bits per heavy atom. The van der Waals surface area contributed by atoms with E-state index in [0.29, 0.717) is 11.5 Å². The Labute approximate surface area is 135 Å². The number of nitrogens with zero attached hydrogens (tertiary/aromatic N) is 1. The van der Waals surface area contributed by atoms with Gasteiger partial charge in [0.25, 0.3) is 0 Å². The van der Waals surface area contributed by atoms with Crippen LogP contribution in [0.3, 0.4) is 0 Å². The number of hydrogen-bond donors (Lipinski definition) is 4. The van der Waals surface area contributed by atoms with Gasteiger partial charge in [0.2, 0.25) is 0 Å². The van der Waals surface area contributed by atoms with E-state index >= 15 is 0 Å². The van der Waals surface area contributed by atoms with E-state index in [9.17, 15) is 0 Å². The normalized spacial score (nSPS) is 8.89. The van der Waals surface area contributed by atoms with Crippen molar-refractivity contribution in [2.45, 2.75) is 11.5 Å². The first-order valence-electron chi connectivity index (χ1n) is 4.46. The van der Waals surface area contributed by atoms with E-state index in [1.165, 1.54) is 23.5 Å². The molecular weight excluding hydrogens is 402 g/mol. The summed E-state index contributed by atoms with van der Waals surface area (Å²) in [5.74, 6) is 1.20. The van der Waals surface area contributed by atoms with Gasteiger partial charge in [0.1, 0.15) is 0 Å². The summed E-state index contributed by atoms with van der Waals surface area (Å²) >= 11 is 2.50. The van der Waals surface area contributed by atoms with Gasteiger partial charge >= 0.3 is 0 Å². The summed E-state index contributed by atoms with van der Waals surface area (Å²) in [6, 6.07) is 3.79. The van der Waals surface area contributed by atoms with E-state index in [0.717, 1.165) is 11.3 Å². The van der Waals surface area contributed by atoms with Gasteiger partial charge in [0.15, 0.2) is 10.3 Å². The molecule has 9 heteroatoms. The first-order valence-corrected chi connectivity index (χ1v) is 6.43. The third-order valence-electron chi connectivity index (χ3n) is 1.73. The lowest BCUT2D eigenvalue weighted by Crippen LogP contribution is -2.07. The van der Waals surface area contributed by atoms with Gasteiger partial charge < -0.3 is 11.5 Å². The molecule has 102 valence electrons. The van der Waals surface area contributed by atoms with Crippen molar-refractivity contribution in [1.82, 2.24) is 4.98 Å². The van der Waals surface area contributed by atoms with Gasteiger partial charge in [-0.25, -0.2) is 0 Å². The van der Waals surface area contributed by atoms with Crippen LogP contribution in [-0.2, 0) is 11.5 Å². The highest BCUT2D eigenvalue weighted by atomic mass is 79.9. The summed E-state index contributed by atoms with van der Waals surface area (Å²) in [6.45, 7) is 0. The van der Waals surface area contributed by atoms with Crippen LogP contribution in [0.4, 0.5) is 0 Å². The number of nitrogens with two attached hydrogens (primary N) is 2. The molecule has 0 bridgehead atoms. The molecule has 1 rings (SSSR count). The van der Waals surface area contributed by atoms with E-state index < -0.39 is 0 Å². The number of amidine groups is 2. The largest absolute Gasteiger partial charge is 0.379 e. The molecule has 0 amide bonds. The second-order valence-electron chi connectivity index (χ2n) is 2.92. The van der Waals surface area contributed by atoms with E-state index in [1.54, 1.807) is 6.20 Å². The molecule has 0 unspecified atom stereocenters. The van der Waals surface area contributed by atoms with Crippen LogP contribution in [0.25, 0.3) is 0 Å². The number of halogens is 2. The third-order valence-corrected chi connectivity index (χ3v) is 3.23. The Balaban J connectivity index is 0. The van der Waals surface area contributed by atoms with Crippen molar-refractivity contribution >= 4 is 67.8 Å². The molecule has 0 atom stereocenters. The lowest BCUT2D eigenvalue weighted by Gasteiger charge is -2.06. The number of hydrogen-bond acceptors (Lipinski definition) is 5. The summed E-state index contributed by atoms with van der Waals surface area (Å²) in [6.07, 6.45) is 1.71. The third kappa shape index (κ3) is 7.96. The van der Waals surface area contributed by atoms with Crippen LogP contribution in [0.5, 0.6) is 0 Å². The topological polar surface area (TPSA) is 113 Å². The lowest BCUT2D eigenvalue weighted by molar-refractivity contribution is 1.12. The number of nitrogens with one attached hydrogen (secondary N) is 2. The van der Waals surface area contributed by atoms with Crippen molar-refractivity contribution < 1.29 is 0 Å². The first kappa shape index (κ1) is 20.1. The maximum Gasteiger partial charge on any atom is 0.151 e. The van der Waals surface area contributed by atoms with Crippen molar-refractivity contribution in [1.29, 1.82) is 10.8 Å². The van der Waals surface area contributed by atoms with Gasteiger partial charge in [-0.05, 0) is 11.6 Å². The predicted octanol–water partition coefficient (Wildman–Crippen LogP) is 2.49. The molecule has 0 saturated heterocycles. The Bertz CT molecular complexity index is 365. The summed E-state index contributed by atoms with van der Waals surface area (Å²) in [5.41, 5.74) is 12.5. The fraction of sp³-hybridized carbons (Fsp3) is 0.222. The molecule has 0 aliphatic heterocycles. The maximum absolute atomic E-state index is 7.15. The molecule has 6 N–H and O–H groups in total. The van der Waals surface area contributed by atoms with Crippen molar-refractivity contribution in [2.75, 3.05) is 0 Å². The molecule has 0 saturated carbocycles. The van der Waals surface area contributed by atoms with Gasteiger partial charge in [0, 0.05) is 17.7 Å². The average molecular weight is 417 g/mol. The first-order chi connectivity index (χ1) is 7.59. The van der Waals surface area contributed by atoms with E-state index in [1.807, 2.05) is 12.1 Å². The fourth-order valence-corrected chi connectivity index (χ4v) is 2.16. The molecule has 18 heavy (non-hydrogen) atoms. The zero-order valence-electron chi connectivity index (χ0n) is 9.38. The molecule has 5 nitrogen and oxygen atoms in total. The second-order valence-corrected chi connectivity index (χ2v) is 4.95. The van der Waals surface area contributed by atoms with Crippen LogP contribution < -0.4 is 11.5 Å². The van der Waals surface area contributed by atoms with Crippen molar-refractivity contribution in [3.63, 3.8) is 0 Å². The van der Waals surface area contributed by atoms with E-state index in [2.05, 4.69) is 4.98 Å². The second kappa shape index (κ2) is 10.7. The van der Waals surface area contributed by atoms with E-state index in [4.69, 9.17) is 22.3 Å². The Hall–Kier alpha value is -0.250. The summed E-state index contributed by atoms with van der Waals surface area (Å²) in [5, 5.41) is 14.5. The molecule has 1 heterocycles. The van der Waals surface area contributed by atoms with Crippen LogP contribution in [0.2, 0.25) is 0 Å². The minimum absolute atomic E-state index is 0. The number of thioether (sulfide) groups is 2. The van der Waals surface area contributed by atoms with Crippen LogP contribution in [0, 0.1) is 10.8 Å². The number of aromatic nitrogens is 1. The van der Waals surface area contributed by atoms with E-state index in [-0.39, 0.29) is 44.3 Å².